The number of thiazole rings is 1. The molecule has 0 fully saturated rings. The van der Waals surface area contributed by atoms with E-state index in [9.17, 15) is 4.79 Å². The van der Waals surface area contributed by atoms with E-state index in [1.165, 1.54) is 5.56 Å². The van der Waals surface area contributed by atoms with Crippen LogP contribution in [0.3, 0.4) is 0 Å². The largest absolute Gasteiger partial charge is 0.454 e. The minimum atomic E-state index is -0.0724. The molecule has 2 heterocycles. The number of aryl methyl sites for hydroxylation is 1. The first kappa shape index (κ1) is 19.7. The van der Waals surface area contributed by atoms with Gasteiger partial charge in [-0.05, 0) is 69.4 Å². The molecule has 0 radical (unpaired) electrons. The molecule has 0 spiro atoms. The Morgan fingerprint density at radius 2 is 1.93 bits per heavy atom. The third-order valence-corrected chi connectivity index (χ3v) is 5.97. The summed E-state index contributed by atoms with van der Waals surface area (Å²) >= 11 is 1.57. The van der Waals surface area contributed by atoms with Crippen molar-refractivity contribution < 1.29 is 14.3 Å². The number of carbonyl (C=O) groups is 1. The van der Waals surface area contributed by atoms with Gasteiger partial charge in [0.1, 0.15) is 0 Å². The van der Waals surface area contributed by atoms with Gasteiger partial charge < -0.3 is 14.4 Å². The van der Waals surface area contributed by atoms with Crippen LogP contribution in [0.1, 0.15) is 29.3 Å². The summed E-state index contributed by atoms with van der Waals surface area (Å²) in [6.45, 7) is 3.83. The molecule has 6 nitrogen and oxygen atoms in total. The minimum absolute atomic E-state index is 0.0724. The van der Waals surface area contributed by atoms with Gasteiger partial charge in [0.05, 0.1) is 10.2 Å². The van der Waals surface area contributed by atoms with E-state index in [0.717, 1.165) is 34.7 Å². The molecule has 0 bridgehead atoms. The van der Waals surface area contributed by atoms with Crippen LogP contribution in [0.15, 0.2) is 36.4 Å². The molecule has 0 saturated carbocycles. The molecule has 0 saturated heterocycles. The van der Waals surface area contributed by atoms with Crippen molar-refractivity contribution in [2.75, 3.05) is 38.9 Å². The molecule has 0 aliphatic carbocycles. The number of anilines is 1. The van der Waals surface area contributed by atoms with Crippen molar-refractivity contribution in [3.63, 3.8) is 0 Å². The Balaban J connectivity index is 1.66. The summed E-state index contributed by atoms with van der Waals surface area (Å²) in [4.78, 5) is 22.1. The van der Waals surface area contributed by atoms with Gasteiger partial charge in [-0.15, -0.1) is 0 Å². The monoisotopic (exact) mass is 411 g/mol. The van der Waals surface area contributed by atoms with Crippen molar-refractivity contribution in [1.29, 1.82) is 0 Å². The Kier molecular flexibility index (Phi) is 5.69. The fourth-order valence-corrected chi connectivity index (χ4v) is 4.36. The van der Waals surface area contributed by atoms with E-state index in [1.807, 2.05) is 20.2 Å². The van der Waals surface area contributed by atoms with E-state index in [1.54, 1.807) is 34.4 Å². The van der Waals surface area contributed by atoms with Crippen molar-refractivity contribution in [3.05, 3.63) is 47.5 Å². The number of hydrogen-bond acceptors (Lipinski definition) is 6. The zero-order chi connectivity index (χ0) is 20.4. The average Bonchev–Trinajstić information content (AvgIpc) is 3.35. The number of nitrogens with zero attached hydrogens (tertiary/aromatic N) is 3. The lowest BCUT2D eigenvalue weighted by Gasteiger charge is -2.21. The molecule has 29 heavy (non-hydrogen) atoms. The molecule has 3 aromatic rings. The zero-order valence-electron chi connectivity index (χ0n) is 17.0. The molecule has 2 aromatic carbocycles. The zero-order valence-corrected chi connectivity index (χ0v) is 17.8. The molecule has 1 amide bonds. The highest BCUT2D eigenvalue weighted by Crippen LogP contribution is 2.34. The molecule has 152 valence electrons. The first-order chi connectivity index (χ1) is 14.0. The highest BCUT2D eigenvalue weighted by atomic mass is 32.1. The Morgan fingerprint density at radius 3 is 2.72 bits per heavy atom. The number of rotatable bonds is 7. The van der Waals surface area contributed by atoms with Gasteiger partial charge in [-0.25, -0.2) is 4.98 Å². The van der Waals surface area contributed by atoms with Crippen molar-refractivity contribution in [3.8, 4) is 11.5 Å². The smallest absolute Gasteiger partial charge is 0.260 e. The Bertz CT molecular complexity index is 1030. The number of benzene rings is 2. The van der Waals surface area contributed by atoms with Crippen LogP contribution in [-0.4, -0.2) is 49.8 Å². The normalized spacial score (nSPS) is 12.7. The molecular formula is C22H25N3O3S. The number of carbonyl (C=O) groups excluding carboxylic acids is 1. The second kappa shape index (κ2) is 8.39. The van der Waals surface area contributed by atoms with Crippen LogP contribution in [-0.2, 0) is 6.42 Å². The van der Waals surface area contributed by atoms with Gasteiger partial charge in [0.25, 0.3) is 5.91 Å². The van der Waals surface area contributed by atoms with Crippen molar-refractivity contribution in [1.82, 2.24) is 9.88 Å². The number of hydrogen-bond donors (Lipinski definition) is 0. The van der Waals surface area contributed by atoms with E-state index in [0.29, 0.717) is 23.6 Å². The highest BCUT2D eigenvalue weighted by molar-refractivity contribution is 7.22. The van der Waals surface area contributed by atoms with Crippen LogP contribution >= 0.6 is 11.3 Å². The standard InChI is InChI=1S/C22H25N3O3S/c1-4-15-6-8-17-20(12-15)29-22(23-17)25(11-5-10-24(2)3)21(26)16-7-9-18-19(13-16)28-14-27-18/h6-9,12-13H,4-5,10-11,14H2,1-3H3. The second-order valence-electron chi connectivity index (χ2n) is 7.33. The van der Waals surface area contributed by atoms with E-state index >= 15 is 0 Å². The number of fused-ring (bicyclic) bond motifs is 2. The molecule has 0 unspecified atom stereocenters. The van der Waals surface area contributed by atoms with Gasteiger partial charge in [0, 0.05) is 12.1 Å². The van der Waals surface area contributed by atoms with Gasteiger partial charge in [-0.2, -0.15) is 0 Å². The predicted molar refractivity (Wildman–Crippen MR) is 116 cm³/mol. The van der Waals surface area contributed by atoms with Gasteiger partial charge >= 0.3 is 0 Å². The number of ether oxygens (including phenoxy) is 2. The van der Waals surface area contributed by atoms with Crippen LogP contribution in [0, 0.1) is 0 Å². The Hall–Kier alpha value is -2.64. The quantitative estimate of drug-likeness (QED) is 0.584. The molecule has 1 aromatic heterocycles. The van der Waals surface area contributed by atoms with Crippen LogP contribution in [0.2, 0.25) is 0 Å². The maximum absolute atomic E-state index is 13.4. The summed E-state index contributed by atoms with van der Waals surface area (Å²) < 4.78 is 11.9. The number of aromatic nitrogens is 1. The summed E-state index contributed by atoms with van der Waals surface area (Å²) in [5.41, 5.74) is 2.78. The molecule has 7 heteroatoms. The van der Waals surface area contributed by atoms with Gasteiger partial charge in [0.15, 0.2) is 16.6 Å². The summed E-state index contributed by atoms with van der Waals surface area (Å²) in [7, 11) is 4.07. The minimum Gasteiger partial charge on any atom is -0.454 e. The lowest BCUT2D eigenvalue weighted by atomic mass is 10.1. The highest BCUT2D eigenvalue weighted by Gasteiger charge is 2.24. The molecule has 0 N–H and O–H groups in total. The molecule has 1 aliphatic rings. The third-order valence-electron chi connectivity index (χ3n) is 4.93. The molecular weight excluding hydrogens is 386 g/mol. The fourth-order valence-electron chi connectivity index (χ4n) is 3.31. The van der Waals surface area contributed by atoms with Crippen LogP contribution in [0.4, 0.5) is 5.13 Å². The first-order valence-corrected chi connectivity index (χ1v) is 10.6. The van der Waals surface area contributed by atoms with Crippen LogP contribution in [0.25, 0.3) is 10.2 Å². The van der Waals surface area contributed by atoms with Crippen LogP contribution in [0.5, 0.6) is 11.5 Å². The van der Waals surface area contributed by atoms with Gasteiger partial charge in [0.2, 0.25) is 6.79 Å². The Morgan fingerprint density at radius 1 is 1.10 bits per heavy atom. The maximum Gasteiger partial charge on any atom is 0.260 e. The van der Waals surface area contributed by atoms with E-state index < -0.39 is 0 Å². The molecule has 4 rings (SSSR count). The van der Waals surface area contributed by atoms with E-state index in [2.05, 4.69) is 24.0 Å². The van der Waals surface area contributed by atoms with Crippen LogP contribution < -0.4 is 14.4 Å². The lowest BCUT2D eigenvalue weighted by Crippen LogP contribution is -2.33. The SMILES string of the molecule is CCc1ccc2nc(N(CCCN(C)C)C(=O)c3ccc4c(c3)OCO4)sc2c1. The second-order valence-corrected chi connectivity index (χ2v) is 8.34. The maximum atomic E-state index is 13.4. The number of amides is 1. The third kappa shape index (κ3) is 4.21. The predicted octanol–water partition coefficient (Wildman–Crippen LogP) is 4.19. The van der Waals surface area contributed by atoms with E-state index in [-0.39, 0.29) is 12.7 Å². The summed E-state index contributed by atoms with van der Waals surface area (Å²) in [5, 5.41) is 0.731. The topological polar surface area (TPSA) is 54.9 Å². The van der Waals surface area contributed by atoms with Crippen molar-refractivity contribution in [2.24, 2.45) is 0 Å². The molecule has 1 aliphatic heterocycles. The summed E-state index contributed by atoms with van der Waals surface area (Å²) in [5.74, 6) is 1.21. The van der Waals surface area contributed by atoms with Crippen molar-refractivity contribution >= 4 is 32.6 Å². The molecule has 0 atom stereocenters. The van der Waals surface area contributed by atoms with Crippen molar-refractivity contribution in [2.45, 2.75) is 19.8 Å². The Labute approximate surface area is 174 Å². The fraction of sp³-hybridized carbons (Fsp3) is 0.364. The van der Waals surface area contributed by atoms with E-state index in [4.69, 9.17) is 14.5 Å². The first-order valence-electron chi connectivity index (χ1n) is 9.81. The van der Waals surface area contributed by atoms with Gasteiger partial charge in [-0.1, -0.05) is 24.3 Å². The summed E-state index contributed by atoms with van der Waals surface area (Å²) in [6.07, 6.45) is 1.84. The summed E-state index contributed by atoms with van der Waals surface area (Å²) in [6, 6.07) is 11.6. The lowest BCUT2D eigenvalue weighted by molar-refractivity contribution is 0.0985. The van der Waals surface area contributed by atoms with Gasteiger partial charge in [-0.3, -0.25) is 9.69 Å². The average molecular weight is 412 g/mol.